The zero-order valence-corrected chi connectivity index (χ0v) is 16.1. The van der Waals surface area contributed by atoms with E-state index in [2.05, 4.69) is 4.99 Å². The Morgan fingerprint density at radius 3 is 2.85 bits per heavy atom. The number of halogens is 1. The maximum Gasteiger partial charge on any atom is 0.283 e. The Balaban J connectivity index is 2.10. The van der Waals surface area contributed by atoms with Gasteiger partial charge in [-0.1, -0.05) is 35.1 Å². The fourth-order valence-electron chi connectivity index (χ4n) is 2.60. The van der Waals surface area contributed by atoms with Crippen LogP contribution >= 0.6 is 22.9 Å². The largest absolute Gasteiger partial charge is 0.493 e. The Morgan fingerprint density at radius 1 is 1.27 bits per heavy atom. The lowest BCUT2D eigenvalue weighted by Crippen LogP contribution is -2.19. The van der Waals surface area contributed by atoms with Crippen molar-refractivity contribution in [3.05, 3.63) is 57.9 Å². The van der Waals surface area contributed by atoms with Crippen molar-refractivity contribution in [1.82, 2.24) is 4.57 Å². The van der Waals surface area contributed by atoms with E-state index in [0.717, 1.165) is 10.2 Å². The van der Waals surface area contributed by atoms with Crippen LogP contribution in [0.2, 0.25) is 5.02 Å². The van der Waals surface area contributed by atoms with Crippen molar-refractivity contribution in [1.29, 1.82) is 0 Å². The molecular formula is C19H19ClN2O3S. The topological polar surface area (TPSA) is 52.8 Å². The standard InChI is InChI=1S/C19H19ClN2O3S/c1-3-25-16-7-5-4-6-14(16)18(23)21-19-22(10-11-24-2)15-9-8-13(20)12-17(15)26-19/h4-9,12H,3,10-11H2,1-2H3. The van der Waals surface area contributed by atoms with Crippen LogP contribution in [0.25, 0.3) is 10.2 Å². The van der Waals surface area contributed by atoms with Crippen LogP contribution in [-0.2, 0) is 11.3 Å². The Labute approximate surface area is 160 Å². The smallest absolute Gasteiger partial charge is 0.283 e. The first-order valence-corrected chi connectivity index (χ1v) is 9.42. The van der Waals surface area contributed by atoms with E-state index in [9.17, 15) is 4.79 Å². The highest BCUT2D eigenvalue weighted by Crippen LogP contribution is 2.23. The van der Waals surface area contributed by atoms with Gasteiger partial charge in [-0.3, -0.25) is 4.79 Å². The molecule has 0 aliphatic heterocycles. The number of ether oxygens (including phenoxy) is 2. The lowest BCUT2D eigenvalue weighted by atomic mass is 10.2. The van der Waals surface area contributed by atoms with Crippen LogP contribution in [0.3, 0.4) is 0 Å². The van der Waals surface area contributed by atoms with Gasteiger partial charge in [0, 0.05) is 18.7 Å². The number of para-hydroxylation sites is 1. The third-order valence-electron chi connectivity index (χ3n) is 3.78. The van der Waals surface area contributed by atoms with E-state index in [1.807, 2.05) is 35.8 Å². The van der Waals surface area contributed by atoms with Gasteiger partial charge in [-0.15, -0.1) is 0 Å². The highest BCUT2D eigenvalue weighted by Gasteiger charge is 2.13. The second-order valence-corrected chi connectivity index (χ2v) is 6.93. The molecule has 1 aromatic heterocycles. The van der Waals surface area contributed by atoms with Gasteiger partial charge in [0.05, 0.1) is 29.0 Å². The van der Waals surface area contributed by atoms with E-state index >= 15 is 0 Å². The molecule has 26 heavy (non-hydrogen) atoms. The monoisotopic (exact) mass is 390 g/mol. The van der Waals surface area contributed by atoms with Crippen LogP contribution in [-0.4, -0.2) is 30.8 Å². The van der Waals surface area contributed by atoms with Gasteiger partial charge in [0.25, 0.3) is 5.91 Å². The molecule has 3 aromatic rings. The van der Waals surface area contributed by atoms with Crippen molar-refractivity contribution in [3.63, 3.8) is 0 Å². The molecule has 0 radical (unpaired) electrons. The average molecular weight is 391 g/mol. The zero-order valence-electron chi connectivity index (χ0n) is 14.6. The molecule has 0 aliphatic carbocycles. The minimum absolute atomic E-state index is 0.335. The SMILES string of the molecule is CCOc1ccccc1C(=O)N=c1sc2cc(Cl)ccc2n1CCOC. The number of hydrogen-bond acceptors (Lipinski definition) is 4. The summed E-state index contributed by atoms with van der Waals surface area (Å²) in [6.07, 6.45) is 0. The molecule has 0 saturated carbocycles. The van der Waals surface area contributed by atoms with Crippen LogP contribution in [0, 0.1) is 0 Å². The van der Waals surface area contributed by atoms with Gasteiger partial charge in [-0.2, -0.15) is 4.99 Å². The molecule has 1 amide bonds. The number of aromatic nitrogens is 1. The van der Waals surface area contributed by atoms with E-state index in [0.29, 0.717) is 40.9 Å². The highest BCUT2D eigenvalue weighted by molar-refractivity contribution is 7.16. The Kier molecular flexibility index (Phi) is 6.08. The van der Waals surface area contributed by atoms with Crippen LogP contribution < -0.4 is 9.54 Å². The van der Waals surface area contributed by atoms with Gasteiger partial charge in [-0.25, -0.2) is 0 Å². The van der Waals surface area contributed by atoms with Crippen LogP contribution in [0.4, 0.5) is 0 Å². The summed E-state index contributed by atoms with van der Waals surface area (Å²) in [5.41, 5.74) is 1.42. The number of carbonyl (C=O) groups is 1. The molecule has 0 saturated heterocycles. The number of thiazole rings is 1. The molecule has 7 heteroatoms. The van der Waals surface area contributed by atoms with Gasteiger partial charge in [0.2, 0.25) is 0 Å². The van der Waals surface area contributed by atoms with Gasteiger partial charge in [-0.05, 0) is 37.3 Å². The van der Waals surface area contributed by atoms with E-state index in [-0.39, 0.29) is 5.91 Å². The summed E-state index contributed by atoms with van der Waals surface area (Å²) in [6, 6.07) is 12.8. The second-order valence-electron chi connectivity index (χ2n) is 5.49. The van der Waals surface area contributed by atoms with E-state index in [1.54, 1.807) is 25.3 Å². The van der Waals surface area contributed by atoms with Crippen LogP contribution in [0.15, 0.2) is 47.5 Å². The van der Waals surface area contributed by atoms with Crippen molar-refractivity contribution in [2.75, 3.05) is 20.3 Å². The minimum Gasteiger partial charge on any atom is -0.493 e. The first-order valence-electron chi connectivity index (χ1n) is 8.22. The van der Waals surface area contributed by atoms with E-state index in [1.165, 1.54) is 11.3 Å². The van der Waals surface area contributed by atoms with Gasteiger partial charge in [0.15, 0.2) is 4.80 Å². The third kappa shape index (κ3) is 3.98. The number of benzene rings is 2. The highest BCUT2D eigenvalue weighted by atomic mass is 35.5. The molecule has 0 atom stereocenters. The summed E-state index contributed by atoms with van der Waals surface area (Å²) in [4.78, 5) is 17.7. The average Bonchev–Trinajstić information content (AvgIpc) is 2.96. The first kappa shape index (κ1) is 18.6. The number of methoxy groups -OCH3 is 1. The minimum atomic E-state index is -0.335. The molecule has 0 N–H and O–H groups in total. The summed E-state index contributed by atoms with van der Waals surface area (Å²) < 4.78 is 13.7. The molecule has 0 spiro atoms. The van der Waals surface area contributed by atoms with Crippen molar-refractivity contribution in [2.24, 2.45) is 4.99 Å². The summed E-state index contributed by atoms with van der Waals surface area (Å²) in [5.74, 6) is 0.203. The lowest BCUT2D eigenvalue weighted by molar-refractivity contribution is 0.0993. The van der Waals surface area contributed by atoms with Crippen molar-refractivity contribution >= 4 is 39.1 Å². The summed E-state index contributed by atoms with van der Waals surface area (Å²) in [6.45, 7) is 3.48. The molecule has 0 unspecified atom stereocenters. The predicted octanol–water partition coefficient (Wildman–Crippen LogP) is 4.14. The molecule has 0 fully saturated rings. The molecule has 0 bridgehead atoms. The normalized spacial score (nSPS) is 11.9. The van der Waals surface area contributed by atoms with Gasteiger partial charge < -0.3 is 14.0 Å². The Bertz CT molecular complexity index is 994. The number of fused-ring (bicyclic) bond motifs is 1. The van der Waals surface area contributed by atoms with E-state index < -0.39 is 0 Å². The van der Waals surface area contributed by atoms with Crippen molar-refractivity contribution < 1.29 is 14.3 Å². The molecule has 136 valence electrons. The summed E-state index contributed by atoms with van der Waals surface area (Å²) in [5, 5.41) is 0.650. The third-order valence-corrected chi connectivity index (χ3v) is 5.05. The number of amides is 1. The summed E-state index contributed by atoms with van der Waals surface area (Å²) >= 11 is 7.53. The van der Waals surface area contributed by atoms with Crippen LogP contribution in [0.1, 0.15) is 17.3 Å². The molecule has 3 rings (SSSR count). The van der Waals surface area contributed by atoms with Gasteiger partial charge in [0.1, 0.15) is 5.75 Å². The predicted molar refractivity (Wildman–Crippen MR) is 104 cm³/mol. The zero-order chi connectivity index (χ0) is 18.5. The number of nitrogens with zero attached hydrogens (tertiary/aromatic N) is 2. The van der Waals surface area contributed by atoms with E-state index in [4.69, 9.17) is 21.1 Å². The fraction of sp³-hybridized carbons (Fsp3) is 0.263. The molecule has 5 nitrogen and oxygen atoms in total. The lowest BCUT2D eigenvalue weighted by Gasteiger charge is -2.07. The molecule has 2 aromatic carbocycles. The summed E-state index contributed by atoms with van der Waals surface area (Å²) in [7, 11) is 1.65. The maximum absolute atomic E-state index is 12.8. The molecular weight excluding hydrogens is 372 g/mol. The Hall–Kier alpha value is -2.15. The second kappa shape index (κ2) is 8.49. The first-order chi connectivity index (χ1) is 12.6. The molecule has 1 heterocycles. The number of hydrogen-bond donors (Lipinski definition) is 0. The van der Waals surface area contributed by atoms with Crippen LogP contribution in [0.5, 0.6) is 5.75 Å². The quantitative estimate of drug-likeness (QED) is 0.635. The van der Waals surface area contributed by atoms with Gasteiger partial charge >= 0.3 is 0 Å². The number of carbonyl (C=O) groups excluding carboxylic acids is 1. The maximum atomic E-state index is 12.8. The van der Waals surface area contributed by atoms with Crippen molar-refractivity contribution in [3.8, 4) is 5.75 Å². The Morgan fingerprint density at radius 2 is 2.08 bits per heavy atom. The van der Waals surface area contributed by atoms with Crippen molar-refractivity contribution in [2.45, 2.75) is 13.5 Å². The fourth-order valence-corrected chi connectivity index (χ4v) is 3.93. The molecule has 0 aliphatic rings. The number of rotatable bonds is 6.